The van der Waals surface area contributed by atoms with Gasteiger partial charge in [0.1, 0.15) is 18.1 Å². The third-order valence-electron chi connectivity index (χ3n) is 4.44. The Morgan fingerprint density at radius 1 is 1.19 bits per heavy atom. The third-order valence-corrected chi connectivity index (χ3v) is 4.44. The van der Waals surface area contributed by atoms with Gasteiger partial charge in [0.2, 0.25) is 0 Å². The molecule has 1 saturated heterocycles. The number of nitrogens with one attached hydrogen (secondary N) is 1. The van der Waals surface area contributed by atoms with Gasteiger partial charge < -0.3 is 19.5 Å². The zero-order chi connectivity index (χ0) is 18.2. The highest BCUT2D eigenvalue weighted by molar-refractivity contribution is 5.96. The van der Waals surface area contributed by atoms with Crippen LogP contribution in [0.3, 0.4) is 0 Å². The number of benzene rings is 2. The summed E-state index contributed by atoms with van der Waals surface area (Å²) in [6, 6.07) is 15.2. The van der Waals surface area contributed by atoms with Gasteiger partial charge >= 0.3 is 0 Å². The van der Waals surface area contributed by atoms with Crippen molar-refractivity contribution in [2.45, 2.75) is 25.4 Å². The van der Waals surface area contributed by atoms with Crippen molar-refractivity contribution in [3.8, 4) is 11.5 Å². The molecular formula is C21H25NO4. The summed E-state index contributed by atoms with van der Waals surface area (Å²) in [7, 11) is 1.65. The van der Waals surface area contributed by atoms with E-state index >= 15 is 0 Å². The highest BCUT2D eigenvalue weighted by Gasteiger charge is 2.18. The van der Waals surface area contributed by atoms with Crippen molar-refractivity contribution in [3.05, 3.63) is 59.7 Å². The molecule has 0 bridgehead atoms. The van der Waals surface area contributed by atoms with Crippen molar-refractivity contribution in [1.82, 2.24) is 5.32 Å². The van der Waals surface area contributed by atoms with Crippen molar-refractivity contribution < 1.29 is 19.0 Å². The molecule has 0 aromatic heterocycles. The molecule has 0 radical (unpaired) electrons. The van der Waals surface area contributed by atoms with Crippen LogP contribution < -0.4 is 14.8 Å². The number of amides is 1. The van der Waals surface area contributed by atoms with E-state index < -0.39 is 0 Å². The SMILES string of the molecule is COc1ccc(CCNC(=O)c2ccccc2OCC2CCCO2)cc1. The van der Waals surface area contributed by atoms with Crippen molar-refractivity contribution >= 4 is 5.91 Å². The van der Waals surface area contributed by atoms with Crippen molar-refractivity contribution in [3.63, 3.8) is 0 Å². The minimum Gasteiger partial charge on any atom is -0.497 e. The van der Waals surface area contributed by atoms with Gasteiger partial charge in [-0.1, -0.05) is 24.3 Å². The summed E-state index contributed by atoms with van der Waals surface area (Å²) in [6.45, 7) is 1.84. The van der Waals surface area contributed by atoms with Crippen LogP contribution in [0.25, 0.3) is 0 Å². The van der Waals surface area contributed by atoms with E-state index in [1.54, 1.807) is 13.2 Å². The third kappa shape index (κ3) is 4.99. The lowest BCUT2D eigenvalue weighted by molar-refractivity contribution is 0.0670. The fourth-order valence-electron chi connectivity index (χ4n) is 2.95. The molecular weight excluding hydrogens is 330 g/mol. The first-order valence-corrected chi connectivity index (χ1v) is 9.01. The zero-order valence-corrected chi connectivity index (χ0v) is 15.1. The van der Waals surface area contributed by atoms with Gasteiger partial charge in [0.15, 0.2) is 0 Å². The lowest BCUT2D eigenvalue weighted by Gasteiger charge is -2.14. The van der Waals surface area contributed by atoms with Crippen molar-refractivity contribution in [2.24, 2.45) is 0 Å². The van der Waals surface area contributed by atoms with E-state index in [0.717, 1.165) is 37.2 Å². The molecule has 0 saturated carbocycles. The maximum atomic E-state index is 12.5. The van der Waals surface area contributed by atoms with E-state index in [-0.39, 0.29) is 12.0 Å². The van der Waals surface area contributed by atoms with Gasteiger partial charge in [0.25, 0.3) is 5.91 Å². The second-order valence-corrected chi connectivity index (χ2v) is 6.30. The average molecular weight is 355 g/mol. The molecule has 1 N–H and O–H groups in total. The predicted octanol–water partition coefficient (Wildman–Crippen LogP) is 3.23. The first-order valence-electron chi connectivity index (χ1n) is 9.01. The molecule has 1 fully saturated rings. The van der Waals surface area contributed by atoms with Crippen molar-refractivity contribution in [2.75, 3.05) is 26.9 Å². The number of ether oxygens (including phenoxy) is 3. The Morgan fingerprint density at radius 3 is 2.73 bits per heavy atom. The second kappa shape index (κ2) is 9.25. The molecule has 1 amide bonds. The van der Waals surface area contributed by atoms with Crippen LogP contribution in [0, 0.1) is 0 Å². The van der Waals surface area contributed by atoms with Gasteiger partial charge in [-0.3, -0.25) is 4.79 Å². The van der Waals surface area contributed by atoms with Crippen molar-refractivity contribution in [1.29, 1.82) is 0 Å². The second-order valence-electron chi connectivity index (χ2n) is 6.30. The fourth-order valence-corrected chi connectivity index (χ4v) is 2.95. The quantitative estimate of drug-likeness (QED) is 0.790. The van der Waals surface area contributed by atoms with Gasteiger partial charge in [0.05, 0.1) is 18.8 Å². The molecule has 1 aliphatic rings. The number of rotatable bonds is 8. The summed E-state index contributed by atoms with van der Waals surface area (Å²) < 4.78 is 16.6. The number of carbonyl (C=O) groups is 1. The molecule has 0 aliphatic carbocycles. The first-order chi connectivity index (χ1) is 12.8. The molecule has 1 unspecified atom stereocenters. The van der Waals surface area contributed by atoms with Gasteiger partial charge in [-0.05, 0) is 49.1 Å². The van der Waals surface area contributed by atoms with Crippen LogP contribution in [-0.2, 0) is 11.2 Å². The Morgan fingerprint density at radius 2 is 2.00 bits per heavy atom. The summed E-state index contributed by atoms with van der Waals surface area (Å²) in [5, 5.41) is 2.96. The summed E-state index contributed by atoms with van der Waals surface area (Å²) >= 11 is 0. The van der Waals surface area contributed by atoms with Crippen LogP contribution in [0.15, 0.2) is 48.5 Å². The summed E-state index contributed by atoms with van der Waals surface area (Å²) in [6.07, 6.45) is 2.97. The van der Waals surface area contributed by atoms with E-state index in [2.05, 4.69) is 5.32 Å². The Labute approximate surface area is 154 Å². The van der Waals surface area contributed by atoms with Crippen LogP contribution in [0.4, 0.5) is 0 Å². The van der Waals surface area contributed by atoms with Crippen LogP contribution >= 0.6 is 0 Å². The molecule has 5 nitrogen and oxygen atoms in total. The summed E-state index contributed by atoms with van der Waals surface area (Å²) in [5.74, 6) is 1.31. The molecule has 1 aliphatic heterocycles. The highest BCUT2D eigenvalue weighted by Crippen LogP contribution is 2.20. The van der Waals surface area contributed by atoms with Gasteiger partial charge in [-0.15, -0.1) is 0 Å². The molecule has 1 atom stereocenters. The normalized spacial score (nSPS) is 16.3. The Kier molecular flexibility index (Phi) is 6.50. The maximum absolute atomic E-state index is 12.5. The maximum Gasteiger partial charge on any atom is 0.255 e. The number of carbonyl (C=O) groups excluding carboxylic acids is 1. The monoisotopic (exact) mass is 355 g/mol. The summed E-state index contributed by atoms with van der Waals surface area (Å²) in [4.78, 5) is 12.5. The summed E-state index contributed by atoms with van der Waals surface area (Å²) in [5.41, 5.74) is 1.70. The van der Waals surface area contributed by atoms with Gasteiger partial charge in [-0.2, -0.15) is 0 Å². The Balaban J connectivity index is 1.51. The Bertz CT molecular complexity index is 708. The number of methoxy groups -OCH3 is 1. The molecule has 2 aromatic rings. The van der Waals surface area contributed by atoms with E-state index in [1.807, 2.05) is 42.5 Å². The molecule has 5 heteroatoms. The largest absolute Gasteiger partial charge is 0.497 e. The highest BCUT2D eigenvalue weighted by atomic mass is 16.5. The molecule has 1 heterocycles. The van der Waals surface area contributed by atoms with Crippen LogP contribution in [0.5, 0.6) is 11.5 Å². The smallest absolute Gasteiger partial charge is 0.255 e. The van der Waals surface area contributed by atoms with Gasteiger partial charge in [0, 0.05) is 13.2 Å². The molecule has 0 spiro atoms. The fraction of sp³-hybridized carbons (Fsp3) is 0.381. The van der Waals surface area contributed by atoms with Crippen LogP contribution in [-0.4, -0.2) is 38.9 Å². The minimum absolute atomic E-state index is 0.124. The first kappa shape index (κ1) is 18.3. The van der Waals surface area contributed by atoms with Crippen LogP contribution in [0.1, 0.15) is 28.8 Å². The van der Waals surface area contributed by atoms with E-state index in [4.69, 9.17) is 14.2 Å². The van der Waals surface area contributed by atoms with E-state index in [1.165, 1.54) is 0 Å². The zero-order valence-electron chi connectivity index (χ0n) is 15.1. The molecule has 26 heavy (non-hydrogen) atoms. The average Bonchev–Trinajstić information content (AvgIpc) is 3.20. The lowest BCUT2D eigenvalue weighted by Crippen LogP contribution is -2.26. The van der Waals surface area contributed by atoms with Crippen LogP contribution in [0.2, 0.25) is 0 Å². The molecule has 3 rings (SSSR count). The number of hydrogen-bond donors (Lipinski definition) is 1. The number of hydrogen-bond acceptors (Lipinski definition) is 4. The topological polar surface area (TPSA) is 56.8 Å². The van der Waals surface area contributed by atoms with Gasteiger partial charge in [-0.25, -0.2) is 0 Å². The Hall–Kier alpha value is -2.53. The number of para-hydroxylation sites is 1. The molecule has 138 valence electrons. The molecule has 2 aromatic carbocycles. The lowest BCUT2D eigenvalue weighted by atomic mass is 10.1. The van der Waals surface area contributed by atoms with E-state index in [9.17, 15) is 4.79 Å². The predicted molar refractivity (Wildman–Crippen MR) is 99.9 cm³/mol. The standard InChI is InChI=1S/C21H25NO4/c1-24-17-10-8-16(9-11-17)12-13-22-21(23)19-6-2-3-7-20(19)26-15-18-5-4-14-25-18/h2-3,6-11,18H,4-5,12-15H2,1H3,(H,22,23). The van der Waals surface area contributed by atoms with E-state index in [0.29, 0.717) is 24.5 Å². The minimum atomic E-state index is -0.124.